The molecule has 1 fully saturated rings. The third kappa shape index (κ3) is 5.30. The third-order valence-electron chi connectivity index (χ3n) is 5.16. The molecule has 0 aromatic heterocycles. The Labute approximate surface area is 178 Å². The molecule has 1 unspecified atom stereocenters. The number of hydrogen-bond acceptors (Lipinski definition) is 1. The fraction of sp³-hybridized carbons (Fsp3) is 0.292. The summed E-state index contributed by atoms with van der Waals surface area (Å²) < 4.78 is 2.09. The number of rotatable bonds is 2. The lowest BCUT2D eigenvalue weighted by Crippen LogP contribution is -2.29. The fourth-order valence-corrected chi connectivity index (χ4v) is 3.91. The lowest BCUT2D eigenvalue weighted by molar-refractivity contribution is -0.113. The van der Waals surface area contributed by atoms with Crippen LogP contribution in [-0.4, -0.2) is 5.78 Å². The summed E-state index contributed by atoms with van der Waals surface area (Å²) >= 11 is 6.94. The van der Waals surface area contributed by atoms with Crippen molar-refractivity contribution in [1.82, 2.24) is 0 Å². The van der Waals surface area contributed by atoms with Crippen molar-refractivity contribution < 1.29 is 4.79 Å². The summed E-state index contributed by atoms with van der Waals surface area (Å²) in [4.78, 5) is 13.2. The number of hydrogen-bond donors (Lipinski definition) is 0. The molecule has 3 heteroatoms. The SMILES string of the molecule is CC(C)(C)C1C/C(=C/c2ccc(Br)cc2)C(=O)/C(=C/c2ccc(Br)cc2)C1. The van der Waals surface area contributed by atoms with Gasteiger partial charge in [-0.2, -0.15) is 0 Å². The predicted molar refractivity (Wildman–Crippen MR) is 121 cm³/mol. The van der Waals surface area contributed by atoms with Gasteiger partial charge in [0.05, 0.1) is 0 Å². The Morgan fingerprint density at radius 1 is 0.778 bits per heavy atom. The molecule has 0 N–H and O–H groups in total. The molecule has 1 saturated carbocycles. The molecule has 1 nitrogen and oxygen atoms in total. The van der Waals surface area contributed by atoms with E-state index in [1.807, 2.05) is 48.5 Å². The number of halogens is 2. The molecule has 1 aliphatic carbocycles. The van der Waals surface area contributed by atoms with Gasteiger partial charge in [0.1, 0.15) is 0 Å². The summed E-state index contributed by atoms with van der Waals surface area (Å²) in [6, 6.07) is 16.2. The molecule has 2 aromatic rings. The van der Waals surface area contributed by atoms with Crippen molar-refractivity contribution in [2.24, 2.45) is 11.3 Å². The second-order valence-electron chi connectivity index (χ2n) is 8.24. The summed E-state index contributed by atoms with van der Waals surface area (Å²) in [6.45, 7) is 6.80. The Morgan fingerprint density at radius 3 is 1.48 bits per heavy atom. The van der Waals surface area contributed by atoms with E-state index < -0.39 is 0 Å². The van der Waals surface area contributed by atoms with E-state index in [0.717, 1.165) is 44.1 Å². The topological polar surface area (TPSA) is 17.1 Å². The van der Waals surface area contributed by atoms with Gasteiger partial charge in [0.15, 0.2) is 5.78 Å². The maximum atomic E-state index is 13.2. The van der Waals surface area contributed by atoms with Gasteiger partial charge in [-0.05, 0) is 71.7 Å². The van der Waals surface area contributed by atoms with Crippen LogP contribution in [0, 0.1) is 11.3 Å². The molecule has 27 heavy (non-hydrogen) atoms. The first-order chi connectivity index (χ1) is 12.7. The molecule has 0 aliphatic heterocycles. The summed E-state index contributed by atoms with van der Waals surface area (Å²) in [5.74, 6) is 0.625. The average molecular weight is 488 g/mol. The molecule has 1 atom stereocenters. The van der Waals surface area contributed by atoms with Gasteiger partial charge in [-0.3, -0.25) is 4.79 Å². The highest BCUT2D eigenvalue weighted by atomic mass is 79.9. The minimum Gasteiger partial charge on any atom is -0.289 e. The molecule has 0 bridgehead atoms. The lowest BCUT2D eigenvalue weighted by Gasteiger charge is -2.35. The second kappa shape index (κ2) is 8.28. The van der Waals surface area contributed by atoms with Crippen molar-refractivity contribution >= 4 is 49.8 Å². The van der Waals surface area contributed by atoms with Crippen molar-refractivity contribution in [1.29, 1.82) is 0 Å². The van der Waals surface area contributed by atoms with E-state index in [9.17, 15) is 4.79 Å². The molecule has 2 aromatic carbocycles. The zero-order valence-corrected chi connectivity index (χ0v) is 19.1. The molecule has 0 saturated heterocycles. The van der Waals surface area contributed by atoms with E-state index in [4.69, 9.17) is 0 Å². The first-order valence-corrected chi connectivity index (χ1v) is 10.8. The van der Waals surface area contributed by atoms with Crippen LogP contribution < -0.4 is 0 Å². The summed E-state index contributed by atoms with van der Waals surface area (Å²) in [5.41, 5.74) is 4.11. The van der Waals surface area contributed by atoms with Gasteiger partial charge in [-0.25, -0.2) is 0 Å². The normalized spacial score (nSPS) is 21.1. The van der Waals surface area contributed by atoms with Crippen molar-refractivity contribution in [3.8, 4) is 0 Å². The highest BCUT2D eigenvalue weighted by molar-refractivity contribution is 9.10. The minimum atomic E-state index is 0.151. The summed E-state index contributed by atoms with van der Waals surface area (Å²) in [7, 11) is 0. The number of benzene rings is 2. The Bertz CT molecular complexity index is 814. The molecular formula is C24H24Br2O. The maximum Gasteiger partial charge on any atom is 0.185 e. The van der Waals surface area contributed by atoms with Crippen LogP contribution in [0.1, 0.15) is 44.7 Å². The standard InChI is InChI=1S/C24H24Br2O/c1-24(2,3)20-14-18(12-16-4-8-21(25)9-5-16)23(27)19(15-20)13-17-6-10-22(26)11-7-17/h4-13,20H,14-15H2,1-3H3/b18-12-,19-13+. The maximum absolute atomic E-state index is 13.2. The van der Waals surface area contributed by atoms with Crippen LogP contribution in [-0.2, 0) is 4.79 Å². The highest BCUT2D eigenvalue weighted by Gasteiger charge is 2.34. The molecule has 0 spiro atoms. The molecule has 3 rings (SSSR count). The first kappa shape index (κ1) is 20.3. The van der Waals surface area contributed by atoms with Gasteiger partial charge >= 0.3 is 0 Å². The Balaban J connectivity index is 1.99. The van der Waals surface area contributed by atoms with Gasteiger partial charge in [0.2, 0.25) is 0 Å². The monoisotopic (exact) mass is 486 g/mol. The van der Waals surface area contributed by atoms with E-state index in [1.54, 1.807) is 0 Å². The van der Waals surface area contributed by atoms with Crippen molar-refractivity contribution in [3.63, 3.8) is 0 Å². The minimum absolute atomic E-state index is 0.151. The van der Waals surface area contributed by atoms with Gasteiger partial charge in [-0.15, -0.1) is 0 Å². The smallest absolute Gasteiger partial charge is 0.185 e. The Morgan fingerprint density at radius 2 is 1.15 bits per heavy atom. The van der Waals surface area contributed by atoms with Gasteiger partial charge in [0, 0.05) is 20.1 Å². The van der Waals surface area contributed by atoms with Gasteiger partial charge < -0.3 is 0 Å². The number of ketones is 1. The van der Waals surface area contributed by atoms with Crippen LogP contribution in [0.4, 0.5) is 0 Å². The number of carbonyl (C=O) groups excluding carboxylic acids is 1. The van der Waals surface area contributed by atoms with E-state index in [0.29, 0.717) is 5.92 Å². The second-order valence-corrected chi connectivity index (χ2v) is 10.1. The van der Waals surface area contributed by atoms with Crippen LogP contribution in [0.15, 0.2) is 68.6 Å². The van der Waals surface area contributed by atoms with Gasteiger partial charge in [-0.1, -0.05) is 76.9 Å². The Hall–Kier alpha value is -1.45. The largest absolute Gasteiger partial charge is 0.289 e. The molecular weight excluding hydrogens is 464 g/mol. The van der Waals surface area contributed by atoms with E-state index in [-0.39, 0.29) is 11.2 Å². The predicted octanol–water partition coefficient (Wildman–Crippen LogP) is 7.70. The van der Waals surface area contributed by atoms with Crippen LogP contribution in [0.3, 0.4) is 0 Å². The number of Topliss-reactive ketones (excluding diaryl/α,β-unsaturated/α-hetero) is 1. The highest BCUT2D eigenvalue weighted by Crippen LogP contribution is 2.42. The quantitative estimate of drug-likeness (QED) is 0.396. The van der Waals surface area contributed by atoms with Crippen molar-refractivity contribution in [2.45, 2.75) is 33.6 Å². The average Bonchev–Trinajstić information content (AvgIpc) is 2.61. The summed E-state index contributed by atoms with van der Waals surface area (Å²) in [5, 5.41) is 0. The molecule has 0 radical (unpaired) electrons. The van der Waals surface area contributed by atoms with E-state index in [2.05, 4.69) is 64.8 Å². The van der Waals surface area contributed by atoms with Gasteiger partial charge in [0.25, 0.3) is 0 Å². The number of allylic oxidation sites excluding steroid dienone is 2. The molecule has 0 amide bonds. The Kier molecular flexibility index (Phi) is 6.22. The molecule has 140 valence electrons. The van der Waals surface area contributed by atoms with E-state index >= 15 is 0 Å². The van der Waals surface area contributed by atoms with E-state index in [1.165, 1.54) is 0 Å². The summed E-state index contributed by atoms with van der Waals surface area (Å²) in [6.07, 6.45) is 5.77. The number of carbonyl (C=O) groups is 1. The molecule has 1 aliphatic rings. The van der Waals surface area contributed by atoms with Crippen LogP contribution in [0.5, 0.6) is 0 Å². The van der Waals surface area contributed by atoms with Crippen LogP contribution in [0.2, 0.25) is 0 Å². The van der Waals surface area contributed by atoms with Crippen molar-refractivity contribution in [2.75, 3.05) is 0 Å². The van der Waals surface area contributed by atoms with Crippen molar-refractivity contribution in [3.05, 3.63) is 79.7 Å². The zero-order valence-electron chi connectivity index (χ0n) is 15.9. The zero-order chi connectivity index (χ0) is 19.6. The third-order valence-corrected chi connectivity index (χ3v) is 6.22. The first-order valence-electron chi connectivity index (χ1n) is 9.19. The fourth-order valence-electron chi connectivity index (χ4n) is 3.38. The molecule has 0 heterocycles. The van der Waals surface area contributed by atoms with Crippen LogP contribution >= 0.6 is 31.9 Å². The van der Waals surface area contributed by atoms with Crippen LogP contribution in [0.25, 0.3) is 12.2 Å². The lowest BCUT2D eigenvalue weighted by atomic mass is 9.68.